The molecular weight excluding hydrogens is 433 g/mol. The Kier molecular flexibility index (Phi) is 4.36. The Hall–Kier alpha value is -2.41. The molecule has 6 rings (SSSR count). The molecular formula is C23H27F3N6O. The van der Waals surface area contributed by atoms with Crippen LogP contribution in [0.15, 0.2) is 12.3 Å². The SMILES string of the molecule is N#CC1CCCN1C(=O)CNC12CC3CC4(Nc5nccc(C(F)(F)F)n5)CC(C1)C4(C3)C2. The lowest BCUT2D eigenvalue weighted by molar-refractivity contribution is -0.141. The Morgan fingerprint density at radius 1 is 1.27 bits per heavy atom. The van der Waals surface area contributed by atoms with E-state index >= 15 is 0 Å². The van der Waals surface area contributed by atoms with E-state index in [0.717, 1.165) is 57.4 Å². The number of halogens is 3. The summed E-state index contributed by atoms with van der Waals surface area (Å²) in [6.45, 7) is 0.885. The number of alkyl halides is 3. The summed E-state index contributed by atoms with van der Waals surface area (Å²) in [5, 5.41) is 16.3. The highest BCUT2D eigenvalue weighted by atomic mass is 19.4. The number of hydrogen-bond acceptors (Lipinski definition) is 6. The first-order chi connectivity index (χ1) is 15.7. The van der Waals surface area contributed by atoms with Gasteiger partial charge < -0.3 is 15.5 Å². The van der Waals surface area contributed by atoms with Crippen molar-refractivity contribution in [1.82, 2.24) is 20.2 Å². The minimum Gasteiger partial charge on any atom is -0.348 e. The fraction of sp³-hybridized carbons (Fsp3) is 0.739. The van der Waals surface area contributed by atoms with Crippen LogP contribution in [0.3, 0.4) is 0 Å². The van der Waals surface area contributed by atoms with Gasteiger partial charge in [-0.1, -0.05) is 0 Å². The summed E-state index contributed by atoms with van der Waals surface area (Å²) >= 11 is 0. The largest absolute Gasteiger partial charge is 0.433 e. The van der Waals surface area contributed by atoms with Crippen LogP contribution < -0.4 is 10.6 Å². The van der Waals surface area contributed by atoms with Crippen LogP contribution in [0.1, 0.15) is 57.1 Å². The molecule has 1 aromatic heterocycles. The zero-order chi connectivity index (χ0) is 23.1. The summed E-state index contributed by atoms with van der Waals surface area (Å²) in [7, 11) is 0. The number of aromatic nitrogens is 2. The molecule has 0 aromatic carbocycles. The van der Waals surface area contributed by atoms with Crippen molar-refractivity contribution in [2.45, 2.75) is 74.7 Å². The van der Waals surface area contributed by atoms with E-state index in [1.54, 1.807) is 4.90 Å². The summed E-state index contributed by atoms with van der Waals surface area (Å²) in [6.07, 6.45) is 4.06. The minimum atomic E-state index is -4.50. The fourth-order valence-corrected chi connectivity index (χ4v) is 8.25. The molecule has 0 radical (unpaired) electrons. The van der Waals surface area contributed by atoms with Crippen molar-refractivity contribution in [3.63, 3.8) is 0 Å². The molecule has 33 heavy (non-hydrogen) atoms. The standard InChI is InChI=1S/C23H27F3N6O/c24-23(25,26)17-3-4-28-19(30-17)31-22-8-14-6-20(9-15(10-22)21(22,7-14)13-20)29-12-18(33)32-5-1-2-16(32)11-27/h3-4,14-16,29H,1-2,5-10,12-13H2,(H,28,30,31). The quantitative estimate of drug-likeness (QED) is 0.702. The van der Waals surface area contributed by atoms with E-state index in [1.807, 2.05) is 0 Å². The van der Waals surface area contributed by atoms with E-state index in [0.29, 0.717) is 18.4 Å². The van der Waals surface area contributed by atoms with Gasteiger partial charge in [-0.25, -0.2) is 9.97 Å². The number of likely N-dealkylation sites (tertiary alicyclic amines) is 1. The number of rotatable bonds is 5. The highest BCUT2D eigenvalue weighted by molar-refractivity contribution is 5.79. The zero-order valence-corrected chi connectivity index (χ0v) is 18.3. The lowest BCUT2D eigenvalue weighted by Crippen LogP contribution is -2.62. The number of nitrogens with zero attached hydrogens (tertiary/aromatic N) is 4. The number of anilines is 1. The van der Waals surface area contributed by atoms with Crippen molar-refractivity contribution in [3.05, 3.63) is 18.0 Å². The number of nitriles is 1. The second-order valence-electron chi connectivity index (χ2n) is 10.9. The number of nitrogens with one attached hydrogen (secondary N) is 2. The van der Waals surface area contributed by atoms with Gasteiger partial charge in [-0.05, 0) is 74.7 Å². The summed E-state index contributed by atoms with van der Waals surface area (Å²) in [4.78, 5) is 22.4. The average Bonchev–Trinajstić information content (AvgIpc) is 3.36. The Balaban J connectivity index is 1.18. The molecule has 4 aliphatic carbocycles. The van der Waals surface area contributed by atoms with Gasteiger partial charge in [-0.2, -0.15) is 18.4 Å². The maximum absolute atomic E-state index is 13.1. The van der Waals surface area contributed by atoms with Crippen LogP contribution in [0, 0.1) is 28.6 Å². The second kappa shape index (κ2) is 6.81. The van der Waals surface area contributed by atoms with Crippen LogP contribution in [-0.2, 0) is 11.0 Å². The summed E-state index contributed by atoms with van der Waals surface area (Å²) in [6, 6.07) is 2.81. The molecule has 10 heteroatoms. The molecule has 176 valence electrons. The van der Waals surface area contributed by atoms with Gasteiger partial charge in [0.25, 0.3) is 0 Å². The molecule has 3 bridgehead atoms. The van der Waals surface area contributed by atoms with Gasteiger partial charge in [0.1, 0.15) is 11.7 Å². The Bertz CT molecular complexity index is 1040. The third-order valence-corrected chi connectivity index (χ3v) is 9.22. The van der Waals surface area contributed by atoms with Crippen LogP contribution in [0.4, 0.5) is 19.1 Å². The molecule has 1 aliphatic heterocycles. The van der Waals surface area contributed by atoms with E-state index in [9.17, 15) is 23.2 Å². The van der Waals surface area contributed by atoms with Crippen molar-refractivity contribution in [1.29, 1.82) is 5.26 Å². The van der Waals surface area contributed by atoms with E-state index < -0.39 is 11.9 Å². The van der Waals surface area contributed by atoms with E-state index in [4.69, 9.17) is 0 Å². The molecule has 1 spiro atoms. The molecule has 1 saturated heterocycles. The Morgan fingerprint density at radius 3 is 2.91 bits per heavy atom. The van der Waals surface area contributed by atoms with Gasteiger partial charge in [-0.3, -0.25) is 4.79 Å². The molecule has 5 aliphatic rings. The van der Waals surface area contributed by atoms with E-state index in [1.165, 1.54) is 6.20 Å². The normalized spacial score (nSPS) is 40.4. The third kappa shape index (κ3) is 3.00. The first-order valence-corrected chi connectivity index (χ1v) is 11.8. The molecule has 1 aromatic rings. The number of amides is 1. The molecule has 6 unspecified atom stereocenters. The maximum Gasteiger partial charge on any atom is 0.433 e. The Labute approximate surface area is 190 Å². The molecule has 2 N–H and O–H groups in total. The predicted molar refractivity (Wildman–Crippen MR) is 112 cm³/mol. The second-order valence-corrected chi connectivity index (χ2v) is 10.9. The van der Waals surface area contributed by atoms with Crippen molar-refractivity contribution >= 4 is 11.9 Å². The van der Waals surface area contributed by atoms with Gasteiger partial charge in [0.15, 0.2) is 0 Å². The molecule has 4 saturated carbocycles. The lowest BCUT2D eigenvalue weighted by atomic mass is 9.51. The smallest absolute Gasteiger partial charge is 0.348 e. The maximum atomic E-state index is 13.1. The molecule has 6 atom stereocenters. The first kappa shape index (κ1) is 21.1. The zero-order valence-electron chi connectivity index (χ0n) is 18.3. The van der Waals surface area contributed by atoms with E-state index in [-0.39, 0.29) is 40.9 Å². The van der Waals surface area contributed by atoms with Crippen LogP contribution in [-0.4, -0.2) is 51.0 Å². The van der Waals surface area contributed by atoms with Crippen molar-refractivity contribution in [3.8, 4) is 6.07 Å². The molecule has 2 heterocycles. The minimum absolute atomic E-state index is 0.00940. The van der Waals surface area contributed by atoms with Gasteiger partial charge in [0, 0.05) is 23.8 Å². The summed E-state index contributed by atoms with van der Waals surface area (Å²) < 4.78 is 39.4. The van der Waals surface area contributed by atoms with Gasteiger partial charge in [0.05, 0.1) is 12.6 Å². The predicted octanol–water partition coefficient (Wildman–Crippen LogP) is 3.10. The molecule has 1 amide bonds. The van der Waals surface area contributed by atoms with Crippen LogP contribution >= 0.6 is 0 Å². The Morgan fingerprint density at radius 2 is 2.12 bits per heavy atom. The van der Waals surface area contributed by atoms with Crippen LogP contribution in [0.25, 0.3) is 0 Å². The topological polar surface area (TPSA) is 93.9 Å². The average molecular weight is 461 g/mol. The number of carbonyl (C=O) groups is 1. The van der Waals surface area contributed by atoms with Gasteiger partial charge in [-0.15, -0.1) is 0 Å². The fourth-order valence-electron chi connectivity index (χ4n) is 8.25. The van der Waals surface area contributed by atoms with Gasteiger partial charge >= 0.3 is 6.18 Å². The number of carbonyl (C=O) groups excluding carboxylic acids is 1. The number of hydrogen-bond donors (Lipinski definition) is 2. The van der Waals surface area contributed by atoms with E-state index in [2.05, 4.69) is 26.7 Å². The van der Waals surface area contributed by atoms with Crippen LogP contribution in [0.2, 0.25) is 0 Å². The summed E-state index contributed by atoms with van der Waals surface area (Å²) in [5.41, 5.74) is -1.28. The van der Waals surface area contributed by atoms with Crippen LogP contribution in [0.5, 0.6) is 0 Å². The van der Waals surface area contributed by atoms with Crippen molar-refractivity contribution in [2.24, 2.45) is 17.3 Å². The first-order valence-electron chi connectivity index (χ1n) is 11.8. The molecule has 5 fully saturated rings. The number of fused-ring (bicyclic) bond motifs is 2. The molecule has 7 nitrogen and oxygen atoms in total. The van der Waals surface area contributed by atoms with Crippen molar-refractivity contribution in [2.75, 3.05) is 18.4 Å². The van der Waals surface area contributed by atoms with Crippen molar-refractivity contribution < 1.29 is 18.0 Å². The highest BCUT2D eigenvalue weighted by Gasteiger charge is 2.78. The lowest BCUT2D eigenvalue weighted by Gasteiger charge is -2.59. The van der Waals surface area contributed by atoms with Gasteiger partial charge in [0.2, 0.25) is 11.9 Å². The summed E-state index contributed by atoms with van der Waals surface area (Å²) in [5.74, 6) is 1.00. The third-order valence-electron chi connectivity index (χ3n) is 9.22. The monoisotopic (exact) mass is 460 g/mol. The highest BCUT2D eigenvalue weighted by Crippen LogP contribution is 2.78.